The van der Waals surface area contributed by atoms with Crippen molar-refractivity contribution in [3.63, 3.8) is 0 Å². The molecule has 0 spiro atoms. The zero-order valence-electron chi connectivity index (χ0n) is 10.3. The summed E-state index contributed by atoms with van der Waals surface area (Å²) >= 11 is 0. The Morgan fingerprint density at radius 2 is 2.31 bits per heavy atom. The molecule has 0 atom stereocenters. The Morgan fingerprint density at radius 3 is 2.81 bits per heavy atom. The zero-order chi connectivity index (χ0) is 11.5. The normalized spacial score (nSPS) is 16.0. The Bertz CT molecular complexity index is 341. The molecule has 4 nitrogen and oxygen atoms in total. The summed E-state index contributed by atoms with van der Waals surface area (Å²) in [5.74, 6) is 0. The third-order valence-corrected chi connectivity index (χ3v) is 3.23. The second kappa shape index (κ2) is 4.97. The summed E-state index contributed by atoms with van der Waals surface area (Å²) in [5, 5.41) is 4.48. The summed E-state index contributed by atoms with van der Waals surface area (Å²) in [6.45, 7) is 4.88. The van der Waals surface area contributed by atoms with Crippen molar-refractivity contribution in [3.8, 4) is 0 Å². The van der Waals surface area contributed by atoms with E-state index in [1.807, 2.05) is 11.7 Å². The van der Waals surface area contributed by atoms with Crippen molar-refractivity contribution in [1.29, 1.82) is 0 Å². The molecule has 1 saturated carbocycles. The predicted octanol–water partition coefficient (Wildman–Crippen LogP) is 0.906. The van der Waals surface area contributed by atoms with E-state index in [0.29, 0.717) is 0 Å². The molecular formula is C12H22N4. The molecule has 4 heteroatoms. The van der Waals surface area contributed by atoms with E-state index in [2.05, 4.69) is 23.0 Å². The predicted molar refractivity (Wildman–Crippen MR) is 65.1 cm³/mol. The Labute approximate surface area is 97.4 Å². The molecule has 0 saturated heterocycles. The molecule has 2 rings (SSSR count). The minimum absolute atomic E-state index is 0.745. The number of rotatable bonds is 6. The van der Waals surface area contributed by atoms with Crippen LogP contribution in [-0.2, 0) is 20.0 Å². The fourth-order valence-corrected chi connectivity index (χ4v) is 2.10. The van der Waals surface area contributed by atoms with Gasteiger partial charge in [-0.3, -0.25) is 9.58 Å². The fourth-order valence-electron chi connectivity index (χ4n) is 2.10. The van der Waals surface area contributed by atoms with Crippen molar-refractivity contribution in [2.24, 2.45) is 12.8 Å². The highest BCUT2D eigenvalue weighted by Gasteiger charge is 2.28. The Hall–Kier alpha value is -0.870. The van der Waals surface area contributed by atoms with Crippen LogP contribution < -0.4 is 5.73 Å². The van der Waals surface area contributed by atoms with Crippen LogP contribution in [0.15, 0.2) is 6.07 Å². The van der Waals surface area contributed by atoms with E-state index in [4.69, 9.17) is 5.73 Å². The molecule has 90 valence electrons. The van der Waals surface area contributed by atoms with Gasteiger partial charge in [-0.05, 0) is 25.3 Å². The Morgan fingerprint density at radius 1 is 1.56 bits per heavy atom. The van der Waals surface area contributed by atoms with Crippen LogP contribution in [-0.4, -0.2) is 33.8 Å². The maximum Gasteiger partial charge on any atom is 0.0625 e. The summed E-state index contributed by atoms with van der Waals surface area (Å²) in [5.41, 5.74) is 8.14. The van der Waals surface area contributed by atoms with Gasteiger partial charge in [0.05, 0.1) is 11.4 Å². The van der Waals surface area contributed by atoms with E-state index < -0.39 is 0 Å². The van der Waals surface area contributed by atoms with Gasteiger partial charge in [0.2, 0.25) is 0 Å². The lowest BCUT2D eigenvalue weighted by atomic mass is 10.3. The lowest BCUT2D eigenvalue weighted by Crippen LogP contribution is -2.31. The van der Waals surface area contributed by atoms with Gasteiger partial charge < -0.3 is 5.73 Å². The summed E-state index contributed by atoms with van der Waals surface area (Å²) in [6.07, 6.45) is 3.67. The molecule has 1 aliphatic rings. The van der Waals surface area contributed by atoms with Crippen LogP contribution >= 0.6 is 0 Å². The number of hydrogen-bond donors (Lipinski definition) is 1. The molecule has 0 bridgehead atoms. The van der Waals surface area contributed by atoms with Crippen molar-refractivity contribution in [3.05, 3.63) is 17.5 Å². The molecule has 1 aromatic rings. The number of aromatic nitrogens is 2. The van der Waals surface area contributed by atoms with Gasteiger partial charge in [-0.15, -0.1) is 0 Å². The van der Waals surface area contributed by atoms with Crippen LogP contribution in [0.4, 0.5) is 0 Å². The highest BCUT2D eigenvalue weighted by atomic mass is 15.3. The molecule has 0 radical (unpaired) electrons. The van der Waals surface area contributed by atoms with E-state index in [1.54, 1.807) is 0 Å². The summed E-state index contributed by atoms with van der Waals surface area (Å²) < 4.78 is 2.00. The minimum atomic E-state index is 0.745. The average molecular weight is 222 g/mol. The van der Waals surface area contributed by atoms with Crippen molar-refractivity contribution in [2.45, 2.75) is 38.8 Å². The van der Waals surface area contributed by atoms with E-state index in [1.165, 1.54) is 24.2 Å². The minimum Gasteiger partial charge on any atom is -0.329 e. The molecule has 16 heavy (non-hydrogen) atoms. The van der Waals surface area contributed by atoms with Crippen molar-refractivity contribution >= 4 is 0 Å². The van der Waals surface area contributed by atoms with Crippen LogP contribution in [0.3, 0.4) is 0 Å². The Kier molecular flexibility index (Phi) is 3.61. The van der Waals surface area contributed by atoms with Crippen LogP contribution in [0.1, 0.15) is 31.2 Å². The van der Waals surface area contributed by atoms with Crippen molar-refractivity contribution in [2.75, 3.05) is 13.1 Å². The lowest BCUT2D eigenvalue weighted by molar-refractivity contribution is 0.255. The number of hydrogen-bond acceptors (Lipinski definition) is 3. The molecule has 0 unspecified atom stereocenters. The molecule has 1 aromatic heterocycles. The first-order valence-corrected chi connectivity index (χ1v) is 6.20. The average Bonchev–Trinajstić information content (AvgIpc) is 3.05. The fraction of sp³-hybridized carbons (Fsp3) is 0.750. The number of nitrogens with two attached hydrogens (primary N) is 1. The number of aryl methyl sites for hydroxylation is 2. The van der Waals surface area contributed by atoms with Gasteiger partial charge >= 0.3 is 0 Å². The molecule has 0 aliphatic heterocycles. The maximum absolute atomic E-state index is 5.65. The quantitative estimate of drug-likeness (QED) is 0.778. The van der Waals surface area contributed by atoms with E-state index in [-0.39, 0.29) is 0 Å². The number of nitrogens with zero attached hydrogens (tertiary/aromatic N) is 3. The zero-order valence-corrected chi connectivity index (χ0v) is 10.3. The van der Waals surface area contributed by atoms with Gasteiger partial charge in [0.25, 0.3) is 0 Å². The van der Waals surface area contributed by atoms with Gasteiger partial charge in [0, 0.05) is 32.7 Å². The van der Waals surface area contributed by atoms with Gasteiger partial charge in [-0.2, -0.15) is 5.10 Å². The molecule has 0 amide bonds. The molecular weight excluding hydrogens is 200 g/mol. The first kappa shape index (κ1) is 11.6. The van der Waals surface area contributed by atoms with E-state index >= 15 is 0 Å². The topological polar surface area (TPSA) is 47.1 Å². The summed E-state index contributed by atoms with van der Waals surface area (Å²) in [4.78, 5) is 2.48. The van der Waals surface area contributed by atoms with Crippen molar-refractivity contribution < 1.29 is 0 Å². The third-order valence-electron chi connectivity index (χ3n) is 3.23. The highest BCUT2D eigenvalue weighted by molar-refractivity contribution is 5.10. The second-order valence-electron chi connectivity index (χ2n) is 4.59. The molecule has 1 aliphatic carbocycles. The standard InChI is InChI=1S/C12H22N4/c1-3-10-8-12(15(2)14-10)9-16(7-6-13)11-4-5-11/h8,11H,3-7,9,13H2,1-2H3. The first-order valence-electron chi connectivity index (χ1n) is 6.20. The molecule has 2 N–H and O–H groups in total. The molecule has 1 fully saturated rings. The smallest absolute Gasteiger partial charge is 0.0625 e. The SMILES string of the molecule is CCc1cc(CN(CCN)C2CC2)n(C)n1. The largest absolute Gasteiger partial charge is 0.329 e. The van der Waals surface area contributed by atoms with E-state index in [0.717, 1.165) is 32.1 Å². The van der Waals surface area contributed by atoms with Gasteiger partial charge in [-0.1, -0.05) is 6.92 Å². The second-order valence-corrected chi connectivity index (χ2v) is 4.59. The van der Waals surface area contributed by atoms with Gasteiger partial charge in [0.15, 0.2) is 0 Å². The molecule has 0 aromatic carbocycles. The van der Waals surface area contributed by atoms with Crippen LogP contribution in [0.5, 0.6) is 0 Å². The summed E-state index contributed by atoms with van der Waals surface area (Å²) in [7, 11) is 2.03. The van der Waals surface area contributed by atoms with Gasteiger partial charge in [0.1, 0.15) is 0 Å². The van der Waals surface area contributed by atoms with Crippen LogP contribution in [0, 0.1) is 0 Å². The lowest BCUT2D eigenvalue weighted by Gasteiger charge is -2.20. The Balaban J connectivity index is 2.02. The van der Waals surface area contributed by atoms with Crippen LogP contribution in [0.25, 0.3) is 0 Å². The monoisotopic (exact) mass is 222 g/mol. The highest BCUT2D eigenvalue weighted by Crippen LogP contribution is 2.27. The van der Waals surface area contributed by atoms with Gasteiger partial charge in [-0.25, -0.2) is 0 Å². The maximum atomic E-state index is 5.65. The van der Waals surface area contributed by atoms with Crippen LogP contribution in [0.2, 0.25) is 0 Å². The summed E-state index contributed by atoms with van der Waals surface area (Å²) in [6, 6.07) is 2.98. The first-order chi connectivity index (χ1) is 7.74. The molecule has 1 heterocycles. The van der Waals surface area contributed by atoms with Crippen molar-refractivity contribution in [1.82, 2.24) is 14.7 Å². The third kappa shape index (κ3) is 2.62. The van der Waals surface area contributed by atoms with E-state index in [9.17, 15) is 0 Å².